The van der Waals surface area contributed by atoms with E-state index in [2.05, 4.69) is 17.1 Å². The number of hydrogen-bond acceptors (Lipinski definition) is 5. The van der Waals surface area contributed by atoms with Gasteiger partial charge in [0.2, 0.25) is 0 Å². The highest BCUT2D eigenvalue weighted by Gasteiger charge is 2.23. The molecular formula is C20H25N3O2S2. The number of carbonyl (C=O) groups excluding carboxylic acids is 2. The quantitative estimate of drug-likeness (QED) is 0.722. The number of thioether (sulfide) groups is 1. The Hall–Kier alpha value is -1.83. The van der Waals surface area contributed by atoms with Gasteiger partial charge >= 0.3 is 0 Å². The predicted molar refractivity (Wildman–Crippen MR) is 112 cm³/mol. The van der Waals surface area contributed by atoms with Crippen LogP contribution in [0.25, 0.3) is 0 Å². The van der Waals surface area contributed by atoms with Crippen LogP contribution in [-0.4, -0.2) is 66.6 Å². The number of hydrogen-bond donors (Lipinski definition) is 1. The van der Waals surface area contributed by atoms with E-state index in [9.17, 15) is 9.59 Å². The van der Waals surface area contributed by atoms with Gasteiger partial charge in [0.15, 0.2) is 0 Å². The zero-order chi connectivity index (χ0) is 19.1. The summed E-state index contributed by atoms with van der Waals surface area (Å²) in [7, 11) is 0. The number of nitrogens with zero attached hydrogens (tertiary/aromatic N) is 2. The van der Waals surface area contributed by atoms with Crippen LogP contribution in [0.5, 0.6) is 0 Å². The van der Waals surface area contributed by atoms with E-state index in [4.69, 9.17) is 0 Å². The van der Waals surface area contributed by atoms with E-state index in [1.54, 1.807) is 11.8 Å². The van der Waals surface area contributed by atoms with Crippen LogP contribution >= 0.6 is 23.1 Å². The minimum absolute atomic E-state index is 0.0103. The van der Waals surface area contributed by atoms with Crippen LogP contribution < -0.4 is 5.32 Å². The van der Waals surface area contributed by atoms with Crippen molar-refractivity contribution in [2.24, 2.45) is 0 Å². The van der Waals surface area contributed by atoms with E-state index in [1.807, 2.05) is 46.7 Å². The lowest BCUT2D eigenvalue weighted by Gasteiger charge is -2.35. The summed E-state index contributed by atoms with van der Waals surface area (Å²) in [5.41, 5.74) is 0.806. The minimum atomic E-state index is -0.0103. The van der Waals surface area contributed by atoms with Gasteiger partial charge in [0.1, 0.15) is 0 Å². The second-order valence-electron chi connectivity index (χ2n) is 6.30. The van der Waals surface area contributed by atoms with Crippen molar-refractivity contribution in [2.45, 2.75) is 11.8 Å². The van der Waals surface area contributed by atoms with Gasteiger partial charge in [0.05, 0.1) is 10.4 Å². The van der Waals surface area contributed by atoms with Crippen molar-refractivity contribution in [3.8, 4) is 0 Å². The lowest BCUT2D eigenvalue weighted by atomic mass is 10.2. The molecule has 2 heterocycles. The summed E-state index contributed by atoms with van der Waals surface area (Å²) in [6.45, 7) is 6.66. The van der Waals surface area contributed by atoms with E-state index in [0.29, 0.717) is 6.54 Å². The lowest BCUT2D eigenvalue weighted by molar-refractivity contribution is 0.0634. The topological polar surface area (TPSA) is 52.7 Å². The molecule has 0 aliphatic carbocycles. The molecule has 1 aromatic carbocycles. The summed E-state index contributed by atoms with van der Waals surface area (Å²) >= 11 is 3.16. The molecule has 1 saturated heterocycles. The maximum Gasteiger partial charge on any atom is 0.261 e. The molecule has 1 aromatic heterocycles. The van der Waals surface area contributed by atoms with Gasteiger partial charge < -0.3 is 10.2 Å². The third kappa shape index (κ3) is 5.34. The van der Waals surface area contributed by atoms with Crippen molar-refractivity contribution in [3.63, 3.8) is 0 Å². The molecule has 0 spiro atoms. The molecule has 0 bridgehead atoms. The standard InChI is InChI=1S/C20H25N3O2S2/c1-2-26-17-7-4-3-6-16(17)20(25)23-13-11-22(12-14-23)10-9-21-19(24)18-8-5-15-27-18/h3-8,15H,2,9-14H2,1H3,(H,21,24). The first-order valence-electron chi connectivity index (χ1n) is 9.24. The summed E-state index contributed by atoms with van der Waals surface area (Å²) in [5.74, 6) is 1.07. The summed E-state index contributed by atoms with van der Waals surface area (Å²) in [6, 6.07) is 11.6. The molecule has 1 fully saturated rings. The fraction of sp³-hybridized carbons (Fsp3) is 0.400. The number of piperazine rings is 1. The number of benzene rings is 1. The van der Waals surface area contributed by atoms with Crippen LogP contribution in [-0.2, 0) is 0 Å². The van der Waals surface area contributed by atoms with E-state index in [1.165, 1.54) is 11.3 Å². The Kier molecular flexibility index (Phi) is 7.32. The summed E-state index contributed by atoms with van der Waals surface area (Å²) in [6.07, 6.45) is 0. The largest absolute Gasteiger partial charge is 0.350 e. The first-order chi connectivity index (χ1) is 13.2. The molecule has 144 valence electrons. The molecule has 0 radical (unpaired) electrons. The molecule has 3 rings (SSSR count). The normalized spacial score (nSPS) is 14.9. The van der Waals surface area contributed by atoms with Gasteiger partial charge in [-0.1, -0.05) is 25.1 Å². The zero-order valence-corrected chi connectivity index (χ0v) is 17.2. The molecule has 0 atom stereocenters. The Labute approximate surface area is 168 Å². The average Bonchev–Trinajstić information content (AvgIpc) is 3.24. The molecule has 2 aromatic rings. The molecule has 0 unspecified atom stereocenters. The van der Waals surface area contributed by atoms with Crippen LogP contribution in [0, 0.1) is 0 Å². The number of carbonyl (C=O) groups is 2. The SMILES string of the molecule is CCSc1ccccc1C(=O)N1CCN(CCNC(=O)c2cccs2)CC1. The highest BCUT2D eigenvalue weighted by atomic mass is 32.2. The molecule has 2 amide bonds. The molecule has 1 N–H and O–H groups in total. The Bertz CT molecular complexity index is 756. The van der Waals surface area contributed by atoms with Crippen molar-refractivity contribution in [3.05, 3.63) is 52.2 Å². The Morgan fingerprint density at radius 2 is 1.89 bits per heavy atom. The van der Waals surface area contributed by atoms with Gasteiger partial charge in [0.25, 0.3) is 11.8 Å². The van der Waals surface area contributed by atoms with Gasteiger partial charge in [-0.05, 0) is 29.3 Å². The third-order valence-electron chi connectivity index (χ3n) is 4.54. The lowest BCUT2D eigenvalue weighted by Crippen LogP contribution is -2.50. The first kappa shape index (κ1) is 19.9. The fourth-order valence-electron chi connectivity index (χ4n) is 3.09. The molecular weight excluding hydrogens is 378 g/mol. The maximum absolute atomic E-state index is 12.9. The van der Waals surface area contributed by atoms with Crippen LogP contribution in [0.1, 0.15) is 27.0 Å². The Morgan fingerprint density at radius 1 is 1.11 bits per heavy atom. The predicted octanol–water partition coefficient (Wildman–Crippen LogP) is 3.05. The highest BCUT2D eigenvalue weighted by molar-refractivity contribution is 7.99. The zero-order valence-electron chi connectivity index (χ0n) is 15.5. The van der Waals surface area contributed by atoms with E-state index in [-0.39, 0.29) is 11.8 Å². The van der Waals surface area contributed by atoms with Crippen LogP contribution in [0.3, 0.4) is 0 Å². The highest BCUT2D eigenvalue weighted by Crippen LogP contribution is 2.24. The number of rotatable bonds is 7. The van der Waals surface area contributed by atoms with Crippen LogP contribution in [0.4, 0.5) is 0 Å². The van der Waals surface area contributed by atoms with Gasteiger partial charge in [0, 0.05) is 44.2 Å². The van der Waals surface area contributed by atoms with E-state index < -0.39 is 0 Å². The molecule has 27 heavy (non-hydrogen) atoms. The summed E-state index contributed by atoms with van der Waals surface area (Å²) < 4.78 is 0. The van der Waals surface area contributed by atoms with E-state index >= 15 is 0 Å². The van der Waals surface area contributed by atoms with Gasteiger partial charge in [-0.2, -0.15) is 0 Å². The average molecular weight is 404 g/mol. The van der Waals surface area contributed by atoms with E-state index in [0.717, 1.165) is 53.8 Å². The summed E-state index contributed by atoms with van der Waals surface area (Å²) in [5, 5.41) is 4.87. The van der Waals surface area contributed by atoms with Crippen molar-refractivity contribution in [1.82, 2.24) is 15.1 Å². The monoisotopic (exact) mass is 403 g/mol. The van der Waals surface area contributed by atoms with Crippen molar-refractivity contribution >= 4 is 34.9 Å². The second kappa shape index (κ2) is 9.92. The number of thiophene rings is 1. The molecule has 1 aliphatic heterocycles. The fourth-order valence-corrected chi connectivity index (χ4v) is 4.53. The van der Waals surface area contributed by atoms with Crippen LogP contribution in [0.15, 0.2) is 46.7 Å². The minimum Gasteiger partial charge on any atom is -0.350 e. The Morgan fingerprint density at radius 3 is 2.59 bits per heavy atom. The first-order valence-corrected chi connectivity index (χ1v) is 11.1. The molecule has 1 aliphatic rings. The number of nitrogens with one attached hydrogen (secondary N) is 1. The van der Waals surface area contributed by atoms with Crippen LogP contribution in [0.2, 0.25) is 0 Å². The van der Waals surface area contributed by atoms with Crippen molar-refractivity contribution in [1.29, 1.82) is 0 Å². The molecule has 0 saturated carbocycles. The maximum atomic E-state index is 12.9. The van der Waals surface area contributed by atoms with Crippen molar-refractivity contribution in [2.75, 3.05) is 45.0 Å². The van der Waals surface area contributed by atoms with Gasteiger partial charge in [-0.25, -0.2) is 0 Å². The summed E-state index contributed by atoms with van der Waals surface area (Å²) in [4.78, 5) is 30.9. The number of amides is 2. The van der Waals surface area contributed by atoms with Gasteiger partial charge in [-0.15, -0.1) is 23.1 Å². The molecule has 7 heteroatoms. The van der Waals surface area contributed by atoms with Gasteiger partial charge in [-0.3, -0.25) is 14.5 Å². The smallest absolute Gasteiger partial charge is 0.261 e. The Balaban J connectivity index is 1.45. The second-order valence-corrected chi connectivity index (χ2v) is 8.55. The molecule has 5 nitrogen and oxygen atoms in total. The third-order valence-corrected chi connectivity index (χ3v) is 6.36. The van der Waals surface area contributed by atoms with Crippen molar-refractivity contribution < 1.29 is 9.59 Å².